The van der Waals surface area contributed by atoms with E-state index in [-0.39, 0.29) is 30.7 Å². The lowest BCUT2D eigenvalue weighted by Crippen LogP contribution is -2.28. The van der Waals surface area contributed by atoms with E-state index in [4.69, 9.17) is 4.74 Å². The smallest absolute Gasteiger partial charge is 0.306 e. The van der Waals surface area contributed by atoms with E-state index in [1.807, 2.05) is 4.90 Å². The fourth-order valence-electron chi connectivity index (χ4n) is 1.76. The quantitative estimate of drug-likeness (QED) is 0.648. The maximum Gasteiger partial charge on any atom is 0.306 e. The molecule has 1 unspecified atom stereocenters. The van der Waals surface area contributed by atoms with Gasteiger partial charge in [0.2, 0.25) is 0 Å². The van der Waals surface area contributed by atoms with E-state index in [1.54, 1.807) is 6.92 Å². The van der Waals surface area contributed by atoms with Crippen molar-refractivity contribution in [3.05, 3.63) is 0 Å². The number of carbonyl (C=O) groups is 2. The Kier molecular flexibility index (Phi) is 5.42. The van der Waals surface area contributed by atoms with Gasteiger partial charge in [0.25, 0.3) is 0 Å². The normalized spacial score (nSPS) is 21.0. The highest BCUT2D eigenvalue weighted by atomic mass is 16.5. The van der Waals surface area contributed by atoms with Crippen LogP contribution in [0.3, 0.4) is 0 Å². The molecule has 1 heterocycles. The van der Waals surface area contributed by atoms with Crippen LogP contribution in [-0.2, 0) is 14.3 Å². The van der Waals surface area contributed by atoms with E-state index in [0.29, 0.717) is 19.7 Å². The predicted octanol–water partition coefficient (Wildman–Crippen LogP) is -0.0346. The molecule has 92 valence electrons. The van der Waals surface area contributed by atoms with Gasteiger partial charge in [-0.15, -0.1) is 0 Å². The summed E-state index contributed by atoms with van der Waals surface area (Å²) in [6, 6.07) is 0. The number of Topliss-reactive ketones (excluding diaryl/α,β-unsaturated/α-hetero) is 1. The lowest BCUT2D eigenvalue weighted by molar-refractivity contribution is -0.144. The van der Waals surface area contributed by atoms with Crippen molar-refractivity contribution in [1.82, 2.24) is 4.90 Å². The molecule has 1 atom stereocenters. The molecule has 1 rings (SSSR count). The van der Waals surface area contributed by atoms with Crippen LogP contribution in [0.1, 0.15) is 26.2 Å². The molecular weight excluding hydrogens is 210 g/mol. The van der Waals surface area contributed by atoms with Crippen molar-refractivity contribution in [1.29, 1.82) is 0 Å². The minimum absolute atomic E-state index is 0.0298. The molecule has 0 aromatic heterocycles. The lowest BCUT2D eigenvalue weighted by atomic mass is 10.2. The molecule has 1 aliphatic heterocycles. The Morgan fingerprint density at radius 1 is 1.44 bits per heavy atom. The third-order valence-electron chi connectivity index (χ3n) is 2.56. The van der Waals surface area contributed by atoms with Crippen LogP contribution in [-0.4, -0.2) is 54.1 Å². The number of hydrogen-bond donors (Lipinski definition) is 1. The van der Waals surface area contributed by atoms with E-state index < -0.39 is 0 Å². The number of likely N-dealkylation sites (tertiary alicyclic amines) is 1. The Morgan fingerprint density at radius 3 is 2.75 bits per heavy atom. The van der Waals surface area contributed by atoms with Crippen LogP contribution < -0.4 is 0 Å². The fraction of sp³-hybridized carbons (Fsp3) is 0.818. The number of ether oxygens (including phenoxy) is 1. The van der Waals surface area contributed by atoms with Crippen LogP contribution in [0.5, 0.6) is 0 Å². The minimum atomic E-state index is -0.322. The molecule has 0 amide bonds. The zero-order chi connectivity index (χ0) is 12.0. The van der Waals surface area contributed by atoms with E-state index in [0.717, 1.165) is 13.0 Å². The van der Waals surface area contributed by atoms with Gasteiger partial charge in [0.15, 0.2) is 0 Å². The highest BCUT2D eigenvalue weighted by Gasteiger charge is 2.22. The molecule has 5 heteroatoms. The van der Waals surface area contributed by atoms with E-state index >= 15 is 0 Å². The number of β-amino-alcohol motifs (C(OH)–C–C–N with tert-alkyl or cyclic N) is 1. The van der Waals surface area contributed by atoms with Gasteiger partial charge in [-0.2, -0.15) is 0 Å². The van der Waals surface area contributed by atoms with Crippen LogP contribution in [0.15, 0.2) is 0 Å². The average molecular weight is 229 g/mol. The standard InChI is InChI=1S/C11H19NO4/c1-2-16-11(15)4-3-9(13)7-12-6-5-10(14)8-12/h10,14H,2-8H2,1H3. The number of aliphatic hydroxyl groups is 1. The maximum absolute atomic E-state index is 11.5. The van der Waals surface area contributed by atoms with Gasteiger partial charge >= 0.3 is 5.97 Å². The molecule has 0 saturated carbocycles. The predicted molar refractivity (Wildman–Crippen MR) is 57.9 cm³/mol. The van der Waals surface area contributed by atoms with Crippen LogP contribution in [0, 0.1) is 0 Å². The molecule has 0 radical (unpaired) electrons. The Bertz CT molecular complexity index is 254. The van der Waals surface area contributed by atoms with Crippen molar-refractivity contribution in [2.45, 2.75) is 32.3 Å². The van der Waals surface area contributed by atoms with Gasteiger partial charge in [-0.3, -0.25) is 14.5 Å². The molecule has 0 aromatic rings. The van der Waals surface area contributed by atoms with E-state index in [2.05, 4.69) is 0 Å². The Hall–Kier alpha value is -0.940. The summed E-state index contributed by atoms with van der Waals surface area (Å²) in [6.45, 7) is 3.74. The number of aliphatic hydroxyl groups excluding tert-OH is 1. The largest absolute Gasteiger partial charge is 0.466 e. The third kappa shape index (κ3) is 4.72. The first-order valence-corrected chi connectivity index (χ1v) is 5.69. The first-order chi connectivity index (χ1) is 7.61. The monoisotopic (exact) mass is 229 g/mol. The second-order valence-electron chi connectivity index (χ2n) is 4.02. The molecule has 1 saturated heterocycles. The van der Waals surface area contributed by atoms with Crippen LogP contribution in [0.2, 0.25) is 0 Å². The summed E-state index contributed by atoms with van der Waals surface area (Å²) in [5.41, 5.74) is 0. The molecule has 16 heavy (non-hydrogen) atoms. The molecule has 1 aliphatic rings. The molecule has 0 bridgehead atoms. The molecule has 0 aliphatic carbocycles. The minimum Gasteiger partial charge on any atom is -0.466 e. The van der Waals surface area contributed by atoms with Crippen LogP contribution in [0.25, 0.3) is 0 Å². The van der Waals surface area contributed by atoms with E-state index in [9.17, 15) is 14.7 Å². The maximum atomic E-state index is 11.5. The van der Waals surface area contributed by atoms with Gasteiger partial charge in [-0.25, -0.2) is 0 Å². The summed E-state index contributed by atoms with van der Waals surface area (Å²) in [7, 11) is 0. The number of esters is 1. The summed E-state index contributed by atoms with van der Waals surface area (Å²) in [5.74, 6) is -0.292. The topological polar surface area (TPSA) is 66.8 Å². The van der Waals surface area contributed by atoms with Gasteiger partial charge in [0.1, 0.15) is 5.78 Å². The molecule has 1 N–H and O–H groups in total. The van der Waals surface area contributed by atoms with Gasteiger partial charge in [-0.05, 0) is 13.3 Å². The van der Waals surface area contributed by atoms with Crippen molar-refractivity contribution in [2.75, 3.05) is 26.2 Å². The molecule has 0 aromatic carbocycles. The van der Waals surface area contributed by atoms with Crippen LogP contribution >= 0.6 is 0 Å². The Morgan fingerprint density at radius 2 is 2.19 bits per heavy atom. The second-order valence-corrected chi connectivity index (χ2v) is 4.02. The number of rotatable bonds is 6. The van der Waals surface area contributed by atoms with Crippen molar-refractivity contribution in [2.24, 2.45) is 0 Å². The number of ketones is 1. The summed E-state index contributed by atoms with van der Waals surface area (Å²) in [5, 5.41) is 9.27. The molecule has 5 nitrogen and oxygen atoms in total. The number of hydrogen-bond acceptors (Lipinski definition) is 5. The molecular formula is C11H19NO4. The second kappa shape index (κ2) is 6.60. The highest BCUT2D eigenvalue weighted by molar-refractivity contribution is 5.84. The van der Waals surface area contributed by atoms with Gasteiger partial charge < -0.3 is 9.84 Å². The molecule has 0 spiro atoms. The summed E-state index contributed by atoms with van der Waals surface area (Å²) in [4.78, 5) is 24.4. The zero-order valence-electron chi connectivity index (χ0n) is 9.65. The van der Waals surface area contributed by atoms with Crippen molar-refractivity contribution in [3.63, 3.8) is 0 Å². The van der Waals surface area contributed by atoms with E-state index in [1.165, 1.54) is 0 Å². The summed E-state index contributed by atoms with van der Waals surface area (Å²) < 4.78 is 4.73. The van der Waals surface area contributed by atoms with Crippen molar-refractivity contribution < 1.29 is 19.4 Å². The average Bonchev–Trinajstić information content (AvgIpc) is 2.61. The number of nitrogens with zero attached hydrogens (tertiary/aromatic N) is 1. The van der Waals surface area contributed by atoms with Crippen LogP contribution in [0.4, 0.5) is 0 Å². The third-order valence-corrected chi connectivity index (χ3v) is 2.56. The first-order valence-electron chi connectivity index (χ1n) is 5.69. The zero-order valence-corrected chi connectivity index (χ0v) is 9.65. The fourth-order valence-corrected chi connectivity index (χ4v) is 1.76. The lowest BCUT2D eigenvalue weighted by Gasteiger charge is -2.13. The summed E-state index contributed by atoms with van der Waals surface area (Å²) in [6.07, 6.45) is 0.803. The SMILES string of the molecule is CCOC(=O)CCC(=O)CN1CCC(O)C1. The van der Waals surface area contributed by atoms with Gasteiger partial charge in [-0.1, -0.05) is 0 Å². The van der Waals surface area contributed by atoms with Gasteiger partial charge in [0, 0.05) is 19.5 Å². The highest BCUT2D eigenvalue weighted by Crippen LogP contribution is 2.08. The Balaban J connectivity index is 2.13. The van der Waals surface area contributed by atoms with Crippen molar-refractivity contribution >= 4 is 11.8 Å². The van der Waals surface area contributed by atoms with Crippen molar-refractivity contribution in [3.8, 4) is 0 Å². The summed E-state index contributed by atoms with van der Waals surface area (Å²) >= 11 is 0. The first kappa shape index (κ1) is 13.1. The number of carbonyl (C=O) groups excluding carboxylic acids is 2. The van der Waals surface area contributed by atoms with Gasteiger partial charge in [0.05, 0.1) is 25.7 Å². The Labute approximate surface area is 95.4 Å². The molecule has 1 fully saturated rings.